The lowest BCUT2D eigenvalue weighted by atomic mass is 10.0. The van der Waals surface area contributed by atoms with Crippen molar-refractivity contribution in [1.82, 2.24) is 0 Å². The number of nitriles is 1. The van der Waals surface area contributed by atoms with Crippen LogP contribution in [0, 0.1) is 18.3 Å². The molecule has 0 bridgehead atoms. The Kier molecular flexibility index (Phi) is 4.07. The Bertz CT molecular complexity index is 825. The molecule has 1 unspecified atom stereocenters. The molecule has 1 aliphatic rings. The van der Waals surface area contributed by atoms with Crippen LogP contribution >= 0.6 is 0 Å². The number of benzene rings is 2. The second kappa shape index (κ2) is 6.33. The van der Waals surface area contributed by atoms with Crippen molar-refractivity contribution in [3.8, 4) is 6.07 Å². The number of amides is 1. The summed E-state index contributed by atoms with van der Waals surface area (Å²) in [6.45, 7) is 2.02. The predicted molar refractivity (Wildman–Crippen MR) is 92.6 cm³/mol. The molecule has 0 spiro atoms. The molecule has 1 atom stereocenters. The van der Waals surface area contributed by atoms with Gasteiger partial charge in [-0.1, -0.05) is 54.1 Å². The number of carbonyl (C=O) groups excluding carboxylic acids is 1. The SMILES string of the molecule is Cc1ccc(/C=C/C(=O)N2c3ccccc3C=CC2C#N)cc1. The third-order valence-corrected chi connectivity index (χ3v) is 3.80. The highest BCUT2D eigenvalue weighted by Crippen LogP contribution is 2.29. The van der Waals surface area contributed by atoms with Crippen LogP contribution in [0.4, 0.5) is 5.69 Å². The Hall–Kier alpha value is -3.12. The number of fused-ring (bicyclic) bond motifs is 1. The van der Waals surface area contributed by atoms with Gasteiger partial charge < -0.3 is 0 Å². The van der Waals surface area contributed by atoms with Crippen molar-refractivity contribution < 1.29 is 4.79 Å². The summed E-state index contributed by atoms with van der Waals surface area (Å²) in [4.78, 5) is 14.2. The quantitative estimate of drug-likeness (QED) is 0.788. The van der Waals surface area contributed by atoms with E-state index in [0.29, 0.717) is 0 Å². The lowest BCUT2D eigenvalue weighted by molar-refractivity contribution is -0.114. The maximum atomic E-state index is 12.6. The molecule has 0 saturated heterocycles. The molecular weight excluding hydrogens is 284 g/mol. The predicted octanol–water partition coefficient (Wildman–Crippen LogP) is 3.96. The Labute approximate surface area is 135 Å². The molecule has 3 rings (SSSR count). The second-order valence-electron chi connectivity index (χ2n) is 5.44. The zero-order valence-corrected chi connectivity index (χ0v) is 12.8. The molecular formula is C20H16N2O. The summed E-state index contributed by atoms with van der Waals surface area (Å²) in [5, 5.41) is 9.33. The summed E-state index contributed by atoms with van der Waals surface area (Å²) in [6, 6.07) is 17.1. The van der Waals surface area contributed by atoms with Gasteiger partial charge in [-0.15, -0.1) is 0 Å². The van der Waals surface area contributed by atoms with Crippen LogP contribution in [-0.2, 0) is 4.79 Å². The van der Waals surface area contributed by atoms with E-state index < -0.39 is 6.04 Å². The van der Waals surface area contributed by atoms with Gasteiger partial charge in [-0.3, -0.25) is 9.69 Å². The van der Waals surface area contributed by atoms with Crippen LogP contribution < -0.4 is 4.90 Å². The average molecular weight is 300 g/mol. The normalized spacial score (nSPS) is 16.2. The third kappa shape index (κ3) is 3.07. The molecule has 1 heterocycles. The molecule has 0 aliphatic carbocycles. The fraction of sp³-hybridized carbons (Fsp3) is 0.100. The molecule has 0 fully saturated rings. The van der Waals surface area contributed by atoms with E-state index >= 15 is 0 Å². The molecule has 2 aromatic carbocycles. The molecule has 1 amide bonds. The van der Waals surface area contributed by atoms with Crippen LogP contribution in [0.3, 0.4) is 0 Å². The summed E-state index contributed by atoms with van der Waals surface area (Å²) in [7, 11) is 0. The zero-order valence-electron chi connectivity index (χ0n) is 12.8. The van der Waals surface area contributed by atoms with Crippen molar-refractivity contribution in [3.05, 3.63) is 77.4 Å². The van der Waals surface area contributed by atoms with E-state index in [4.69, 9.17) is 0 Å². The van der Waals surface area contributed by atoms with Gasteiger partial charge >= 0.3 is 0 Å². The number of rotatable bonds is 2. The minimum absolute atomic E-state index is 0.200. The van der Waals surface area contributed by atoms with Crippen LogP contribution in [0.2, 0.25) is 0 Å². The number of para-hydroxylation sites is 1. The highest BCUT2D eigenvalue weighted by molar-refractivity contribution is 6.06. The second-order valence-corrected chi connectivity index (χ2v) is 5.44. The fourth-order valence-corrected chi connectivity index (χ4v) is 2.56. The summed E-state index contributed by atoms with van der Waals surface area (Å²) in [5.74, 6) is -0.200. The fourth-order valence-electron chi connectivity index (χ4n) is 2.56. The van der Waals surface area contributed by atoms with Gasteiger partial charge in [0.1, 0.15) is 6.04 Å². The standard InChI is InChI=1S/C20H16N2O/c1-15-6-8-16(9-7-15)10-13-20(23)22-18(14-21)12-11-17-4-2-3-5-19(17)22/h2-13,18H,1H3/b13-10+. The first-order valence-corrected chi connectivity index (χ1v) is 7.44. The number of nitrogens with zero attached hydrogens (tertiary/aromatic N) is 2. The van der Waals surface area contributed by atoms with Crippen molar-refractivity contribution in [2.45, 2.75) is 13.0 Å². The lowest BCUT2D eigenvalue weighted by Crippen LogP contribution is -2.39. The molecule has 2 aromatic rings. The van der Waals surface area contributed by atoms with Gasteiger partial charge in [0.2, 0.25) is 0 Å². The van der Waals surface area contributed by atoms with E-state index in [1.54, 1.807) is 12.2 Å². The van der Waals surface area contributed by atoms with Crippen LogP contribution in [0.5, 0.6) is 0 Å². The highest BCUT2D eigenvalue weighted by Gasteiger charge is 2.26. The molecule has 0 radical (unpaired) electrons. The van der Waals surface area contributed by atoms with Crippen molar-refractivity contribution in [3.63, 3.8) is 0 Å². The van der Waals surface area contributed by atoms with Crippen LogP contribution in [0.25, 0.3) is 12.2 Å². The van der Waals surface area contributed by atoms with Crippen molar-refractivity contribution in [2.75, 3.05) is 4.90 Å². The topological polar surface area (TPSA) is 44.1 Å². The largest absolute Gasteiger partial charge is 0.288 e. The van der Waals surface area contributed by atoms with E-state index in [9.17, 15) is 10.1 Å². The minimum Gasteiger partial charge on any atom is -0.288 e. The van der Waals surface area contributed by atoms with Gasteiger partial charge in [0.15, 0.2) is 0 Å². The van der Waals surface area contributed by atoms with Crippen LogP contribution in [0.15, 0.2) is 60.7 Å². The first-order chi connectivity index (χ1) is 11.2. The van der Waals surface area contributed by atoms with Gasteiger partial charge in [0.25, 0.3) is 5.91 Å². The lowest BCUT2D eigenvalue weighted by Gasteiger charge is -2.29. The summed E-state index contributed by atoms with van der Waals surface area (Å²) >= 11 is 0. The molecule has 0 saturated carbocycles. The van der Waals surface area contributed by atoms with Gasteiger partial charge in [0.05, 0.1) is 11.8 Å². The third-order valence-electron chi connectivity index (χ3n) is 3.80. The van der Waals surface area contributed by atoms with Crippen LogP contribution in [0.1, 0.15) is 16.7 Å². The van der Waals surface area contributed by atoms with E-state index in [2.05, 4.69) is 6.07 Å². The molecule has 112 valence electrons. The maximum Gasteiger partial charge on any atom is 0.252 e. The molecule has 3 heteroatoms. The Morgan fingerprint density at radius 3 is 2.65 bits per heavy atom. The highest BCUT2D eigenvalue weighted by atomic mass is 16.2. The first-order valence-electron chi connectivity index (χ1n) is 7.44. The van der Waals surface area contributed by atoms with E-state index in [1.165, 1.54) is 16.5 Å². The molecule has 0 N–H and O–H groups in total. The van der Waals surface area contributed by atoms with E-state index in [1.807, 2.05) is 61.5 Å². The van der Waals surface area contributed by atoms with Gasteiger partial charge in [-0.25, -0.2) is 0 Å². The smallest absolute Gasteiger partial charge is 0.252 e. The molecule has 3 nitrogen and oxygen atoms in total. The zero-order chi connectivity index (χ0) is 16.2. The monoisotopic (exact) mass is 300 g/mol. The van der Waals surface area contributed by atoms with Gasteiger partial charge in [0, 0.05) is 6.08 Å². The Balaban J connectivity index is 1.89. The number of hydrogen-bond donors (Lipinski definition) is 0. The average Bonchev–Trinajstić information content (AvgIpc) is 2.60. The van der Waals surface area contributed by atoms with Crippen LogP contribution in [-0.4, -0.2) is 11.9 Å². The first kappa shape index (κ1) is 14.8. The minimum atomic E-state index is -0.583. The number of hydrogen-bond acceptors (Lipinski definition) is 2. The van der Waals surface area contributed by atoms with E-state index in [0.717, 1.165) is 16.8 Å². The molecule has 0 aromatic heterocycles. The summed E-state index contributed by atoms with van der Waals surface area (Å²) in [6.07, 6.45) is 6.93. The van der Waals surface area contributed by atoms with Crippen molar-refractivity contribution in [2.24, 2.45) is 0 Å². The maximum absolute atomic E-state index is 12.6. The van der Waals surface area contributed by atoms with Gasteiger partial charge in [-0.2, -0.15) is 5.26 Å². The molecule has 1 aliphatic heterocycles. The summed E-state index contributed by atoms with van der Waals surface area (Å²) in [5.41, 5.74) is 3.84. The van der Waals surface area contributed by atoms with Crippen molar-refractivity contribution in [1.29, 1.82) is 5.26 Å². The van der Waals surface area contributed by atoms with E-state index in [-0.39, 0.29) is 5.91 Å². The number of aryl methyl sites for hydroxylation is 1. The summed E-state index contributed by atoms with van der Waals surface area (Å²) < 4.78 is 0. The van der Waals surface area contributed by atoms with Crippen molar-refractivity contribution >= 4 is 23.7 Å². The Morgan fingerprint density at radius 2 is 1.91 bits per heavy atom. The van der Waals surface area contributed by atoms with Gasteiger partial charge in [-0.05, 0) is 36.3 Å². The Morgan fingerprint density at radius 1 is 1.17 bits per heavy atom. The number of carbonyl (C=O) groups is 1. The molecule has 23 heavy (non-hydrogen) atoms. The number of anilines is 1.